The molecule has 26 heavy (non-hydrogen) atoms. The Balaban J connectivity index is 1.48. The molecule has 0 atom stereocenters. The molecule has 0 aliphatic carbocycles. The van der Waals surface area contributed by atoms with Gasteiger partial charge in [-0.25, -0.2) is 9.97 Å². The van der Waals surface area contributed by atoms with Crippen LogP contribution < -0.4 is 10.2 Å². The van der Waals surface area contributed by atoms with Crippen LogP contribution in [0.1, 0.15) is 23.4 Å². The Bertz CT molecular complexity index is 899. The first-order chi connectivity index (χ1) is 12.5. The third-order valence-corrected chi connectivity index (χ3v) is 4.53. The number of aromatic amines is 2. The Morgan fingerprint density at radius 1 is 1.27 bits per heavy atom. The standard InChI is InChI=1S/C16H18F3N7/c17-16(18,19)3-5-20-7-13-11-8-26(6-2-12(11)24-25-13)15-10-1-4-21-14(10)22-9-23-15/h1,4,9,20H,2-3,5-8H2,(H,24,25)(H,21,22,23). The van der Waals surface area contributed by atoms with Crippen LogP contribution in [0, 0.1) is 0 Å². The number of nitrogens with one attached hydrogen (secondary N) is 3. The van der Waals surface area contributed by atoms with E-state index in [2.05, 4.69) is 35.4 Å². The molecule has 138 valence electrons. The Morgan fingerprint density at radius 2 is 2.15 bits per heavy atom. The van der Waals surface area contributed by atoms with E-state index in [1.54, 1.807) is 0 Å². The van der Waals surface area contributed by atoms with Gasteiger partial charge >= 0.3 is 6.18 Å². The van der Waals surface area contributed by atoms with Crippen LogP contribution >= 0.6 is 0 Å². The summed E-state index contributed by atoms with van der Waals surface area (Å²) in [7, 11) is 0. The molecule has 1 aliphatic rings. The number of anilines is 1. The molecule has 0 amide bonds. The van der Waals surface area contributed by atoms with Gasteiger partial charge in [0.2, 0.25) is 0 Å². The van der Waals surface area contributed by atoms with Crippen LogP contribution in [0.3, 0.4) is 0 Å². The number of rotatable bonds is 5. The average molecular weight is 365 g/mol. The summed E-state index contributed by atoms with van der Waals surface area (Å²) in [5.41, 5.74) is 3.60. The molecule has 4 heterocycles. The predicted molar refractivity (Wildman–Crippen MR) is 89.6 cm³/mol. The molecule has 0 fully saturated rings. The van der Waals surface area contributed by atoms with E-state index in [1.807, 2.05) is 12.3 Å². The van der Waals surface area contributed by atoms with Crippen molar-refractivity contribution in [1.82, 2.24) is 30.5 Å². The lowest BCUT2D eigenvalue weighted by Gasteiger charge is -2.28. The van der Waals surface area contributed by atoms with Crippen LogP contribution in [0.25, 0.3) is 11.0 Å². The zero-order chi connectivity index (χ0) is 18.1. The second kappa shape index (κ2) is 6.60. The lowest BCUT2D eigenvalue weighted by atomic mass is 10.0. The van der Waals surface area contributed by atoms with Gasteiger partial charge in [0, 0.05) is 50.1 Å². The van der Waals surface area contributed by atoms with E-state index in [0.717, 1.165) is 46.8 Å². The second-order valence-electron chi connectivity index (χ2n) is 6.28. The van der Waals surface area contributed by atoms with Gasteiger partial charge in [-0.3, -0.25) is 5.10 Å². The Kier molecular flexibility index (Phi) is 4.27. The highest BCUT2D eigenvalue weighted by molar-refractivity contribution is 5.87. The van der Waals surface area contributed by atoms with E-state index in [9.17, 15) is 13.2 Å². The van der Waals surface area contributed by atoms with E-state index in [-0.39, 0.29) is 6.54 Å². The van der Waals surface area contributed by atoms with Crippen LogP contribution in [-0.2, 0) is 19.5 Å². The Hall–Kier alpha value is -2.62. The van der Waals surface area contributed by atoms with Crippen molar-refractivity contribution in [3.05, 3.63) is 35.5 Å². The second-order valence-corrected chi connectivity index (χ2v) is 6.28. The first-order valence-electron chi connectivity index (χ1n) is 8.37. The molecule has 3 aromatic heterocycles. The number of nitrogens with zero attached hydrogens (tertiary/aromatic N) is 4. The summed E-state index contributed by atoms with van der Waals surface area (Å²) in [6.07, 6.45) is -0.868. The minimum absolute atomic E-state index is 0.120. The molecule has 0 radical (unpaired) electrons. The summed E-state index contributed by atoms with van der Waals surface area (Å²) >= 11 is 0. The Labute approximate surface area is 147 Å². The van der Waals surface area contributed by atoms with Crippen molar-refractivity contribution in [2.24, 2.45) is 0 Å². The Morgan fingerprint density at radius 3 is 3.00 bits per heavy atom. The van der Waals surface area contributed by atoms with Gasteiger partial charge in [0.15, 0.2) is 0 Å². The van der Waals surface area contributed by atoms with Crippen LogP contribution in [-0.4, -0.2) is 44.4 Å². The van der Waals surface area contributed by atoms with Gasteiger partial charge in [-0.2, -0.15) is 18.3 Å². The third kappa shape index (κ3) is 3.36. The molecule has 0 spiro atoms. The van der Waals surface area contributed by atoms with Gasteiger partial charge in [0.1, 0.15) is 17.8 Å². The maximum Gasteiger partial charge on any atom is 0.390 e. The number of fused-ring (bicyclic) bond motifs is 2. The van der Waals surface area contributed by atoms with Crippen molar-refractivity contribution >= 4 is 16.9 Å². The highest BCUT2D eigenvalue weighted by Crippen LogP contribution is 2.28. The summed E-state index contributed by atoms with van der Waals surface area (Å²) < 4.78 is 36.8. The van der Waals surface area contributed by atoms with Gasteiger partial charge in [-0.05, 0) is 6.07 Å². The van der Waals surface area contributed by atoms with E-state index in [4.69, 9.17) is 0 Å². The van der Waals surface area contributed by atoms with Gasteiger partial charge in [-0.15, -0.1) is 0 Å². The highest BCUT2D eigenvalue weighted by Gasteiger charge is 2.27. The van der Waals surface area contributed by atoms with Crippen molar-refractivity contribution in [3.8, 4) is 0 Å². The minimum atomic E-state index is -4.15. The highest BCUT2D eigenvalue weighted by atomic mass is 19.4. The van der Waals surface area contributed by atoms with Crippen molar-refractivity contribution in [3.63, 3.8) is 0 Å². The quantitative estimate of drug-likeness (QED) is 0.604. The van der Waals surface area contributed by atoms with Gasteiger partial charge < -0.3 is 15.2 Å². The number of hydrogen-bond acceptors (Lipinski definition) is 5. The number of alkyl halides is 3. The fourth-order valence-electron chi connectivity index (χ4n) is 3.23. The topological polar surface area (TPSA) is 85.5 Å². The molecule has 0 bridgehead atoms. The molecule has 1 aliphatic heterocycles. The lowest BCUT2D eigenvalue weighted by molar-refractivity contribution is -0.133. The fourth-order valence-corrected chi connectivity index (χ4v) is 3.23. The molecule has 0 aromatic carbocycles. The largest absolute Gasteiger partial charge is 0.390 e. The van der Waals surface area contributed by atoms with Crippen LogP contribution in [0.4, 0.5) is 19.0 Å². The van der Waals surface area contributed by atoms with Crippen LogP contribution in [0.15, 0.2) is 18.6 Å². The van der Waals surface area contributed by atoms with E-state index < -0.39 is 12.6 Å². The maximum atomic E-state index is 12.3. The first kappa shape index (κ1) is 16.8. The van der Waals surface area contributed by atoms with Gasteiger partial charge in [-0.1, -0.05) is 0 Å². The molecule has 0 saturated heterocycles. The van der Waals surface area contributed by atoms with E-state index in [1.165, 1.54) is 6.33 Å². The number of hydrogen-bond donors (Lipinski definition) is 3. The average Bonchev–Trinajstić information content (AvgIpc) is 3.24. The minimum Gasteiger partial charge on any atom is -0.351 e. The zero-order valence-corrected chi connectivity index (χ0v) is 13.9. The van der Waals surface area contributed by atoms with Gasteiger partial charge in [0.25, 0.3) is 0 Å². The number of halogens is 3. The summed E-state index contributed by atoms with van der Waals surface area (Å²) in [5, 5.41) is 11.1. The van der Waals surface area contributed by atoms with Crippen LogP contribution in [0.2, 0.25) is 0 Å². The van der Waals surface area contributed by atoms with Crippen molar-refractivity contribution in [1.29, 1.82) is 0 Å². The van der Waals surface area contributed by atoms with E-state index in [0.29, 0.717) is 13.1 Å². The smallest absolute Gasteiger partial charge is 0.351 e. The molecular formula is C16H18F3N7. The third-order valence-electron chi connectivity index (χ3n) is 4.53. The summed E-state index contributed by atoms with van der Waals surface area (Å²) in [6.45, 7) is 1.58. The van der Waals surface area contributed by atoms with Gasteiger partial charge in [0.05, 0.1) is 17.5 Å². The zero-order valence-electron chi connectivity index (χ0n) is 13.9. The summed E-state index contributed by atoms with van der Waals surface area (Å²) in [5.74, 6) is 0.846. The molecule has 4 rings (SSSR count). The van der Waals surface area contributed by atoms with Crippen LogP contribution in [0.5, 0.6) is 0 Å². The lowest BCUT2D eigenvalue weighted by Crippen LogP contribution is -2.32. The monoisotopic (exact) mass is 365 g/mol. The maximum absolute atomic E-state index is 12.3. The molecular weight excluding hydrogens is 347 g/mol. The van der Waals surface area contributed by atoms with Crippen molar-refractivity contribution in [2.75, 3.05) is 18.0 Å². The molecule has 10 heteroatoms. The number of H-pyrrole nitrogens is 2. The molecule has 3 aromatic rings. The predicted octanol–water partition coefficient (Wildman–Crippen LogP) is 2.29. The number of aromatic nitrogens is 5. The SMILES string of the molecule is FC(F)(F)CCNCc1n[nH]c2c1CN(c1ncnc3[nH]ccc13)CC2. The van der Waals surface area contributed by atoms with E-state index >= 15 is 0 Å². The molecule has 3 N–H and O–H groups in total. The molecule has 0 unspecified atom stereocenters. The summed E-state index contributed by atoms with van der Waals surface area (Å²) in [4.78, 5) is 13.8. The van der Waals surface area contributed by atoms with Crippen molar-refractivity contribution in [2.45, 2.75) is 32.1 Å². The summed E-state index contributed by atoms with van der Waals surface area (Å²) in [6, 6.07) is 1.94. The first-order valence-corrected chi connectivity index (χ1v) is 8.37. The van der Waals surface area contributed by atoms with Crippen molar-refractivity contribution < 1.29 is 13.2 Å². The molecule has 7 nitrogen and oxygen atoms in total. The fraction of sp³-hybridized carbons (Fsp3) is 0.438. The molecule has 0 saturated carbocycles. The normalized spacial score (nSPS) is 14.8.